The zero-order valence-corrected chi connectivity index (χ0v) is 17.8. The van der Waals surface area contributed by atoms with Gasteiger partial charge in [-0.2, -0.15) is 5.26 Å². The number of para-hydroxylation sites is 1. The van der Waals surface area contributed by atoms with Crippen molar-refractivity contribution in [3.63, 3.8) is 0 Å². The fourth-order valence-electron chi connectivity index (χ4n) is 3.09. The van der Waals surface area contributed by atoms with Crippen molar-refractivity contribution in [3.05, 3.63) is 41.5 Å². The minimum atomic E-state index is -0.876. The van der Waals surface area contributed by atoms with Crippen LogP contribution in [0.1, 0.15) is 23.6 Å². The third kappa shape index (κ3) is 5.06. The largest absolute Gasteiger partial charge is 0.493 e. The molecule has 0 aliphatic heterocycles. The Morgan fingerprint density at radius 1 is 0.933 bits per heavy atom. The second-order valence-corrected chi connectivity index (χ2v) is 6.24. The minimum Gasteiger partial charge on any atom is -0.493 e. The molecule has 0 fully saturated rings. The maximum atomic E-state index is 12.5. The van der Waals surface area contributed by atoms with Gasteiger partial charge in [-0.25, -0.2) is 0 Å². The molecule has 0 aliphatic rings. The molecule has 160 valence electrons. The van der Waals surface area contributed by atoms with Crippen LogP contribution in [0.5, 0.6) is 28.7 Å². The number of nitriles is 1. The lowest BCUT2D eigenvalue weighted by Gasteiger charge is -2.17. The number of hydrogen-bond donors (Lipinski definition) is 1. The van der Waals surface area contributed by atoms with Gasteiger partial charge in [0.25, 0.3) is 0 Å². The average Bonchev–Trinajstić information content (AvgIpc) is 2.79. The highest BCUT2D eigenvalue weighted by Gasteiger charge is 2.20. The fraction of sp³-hybridized carbons (Fsp3) is 0.364. The number of nitrogens with zero attached hydrogens (tertiary/aromatic N) is 1. The lowest BCUT2D eigenvalue weighted by molar-refractivity contribution is -0.121. The molecular formula is C22H26N2O6. The van der Waals surface area contributed by atoms with E-state index >= 15 is 0 Å². The lowest BCUT2D eigenvalue weighted by atomic mass is 10.0. The van der Waals surface area contributed by atoms with Gasteiger partial charge in [-0.05, 0) is 35.7 Å². The van der Waals surface area contributed by atoms with Gasteiger partial charge in [-0.3, -0.25) is 4.79 Å². The molecule has 8 nitrogen and oxygen atoms in total. The number of benzene rings is 2. The highest BCUT2D eigenvalue weighted by molar-refractivity contribution is 5.77. The molecule has 0 saturated carbocycles. The van der Waals surface area contributed by atoms with E-state index in [1.54, 1.807) is 32.4 Å². The predicted octanol–water partition coefficient (Wildman–Crippen LogP) is 3.04. The Hall–Kier alpha value is -3.60. The lowest BCUT2D eigenvalue weighted by Crippen LogP contribution is -2.28. The third-order valence-electron chi connectivity index (χ3n) is 4.56. The maximum Gasteiger partial charge on any atom is 0.221 e. The summed E-state index contributed by atoms with van der Waals surface area (Å²) in [6, 6.07) is 10.00. The standard InChI is InChI=1S/C22H26N2O6/c1-26-17-8-6-7-14(21(17)29-4)9-10-20(25)24-16(13-23)15-11-18(27-2)22(30-5)19(12-15)28-3/h6-8,11-12,16H,9-10H2,1-5H3,(H,24,25). The summed E-state index contributed by atoms with van der Waals surface area (Å²) in [5, 5.41) is 12.3. The van der Waals surface area contributed by atoms with Gasteiger partial charge in [0, 0.05) is 6.42 Å². The van der Waals surface area contributed by atoms with Crippen molar-refractivity contribution < 1.29 is 28.5 Å². The SMILES string of the molecule is COc1cccc(CCC(=O)NC(C#N)c2cc(OC)c(OC)c(OC)c2)c1OC. The second-order valence-electron chi connectivity index (χ2n) is 6.24. The molecule has 2 aromatic carbocycles. The van der Waals surface area contributed by atoms with E-state index in [0.717, 1.165) is 5.56 Å². The molecule has 0 spiro atoms. The Labute approximate surface area is 176 Å². The molecule has 1 atom stereocenters. The fourth-order valence-corrected chi connectivity index (χ4v) is 3.09. The van der Waals surface area contributed by atoms with Crippen molar-refractivity contribution in [1.82, 2.24) is 5.32 Å². The van der Waals surface area contributed by atoms with Gasteiger partial charge in [0.2, 0.25) is 11.7 Å². The van der Waals surface area contributed by atoms with Crippen LogP contribution in [0.3, 0.4) is 0 Å². The number of methoxy groups -OCH3 is 5. The molecule has 0 radical (unpaired) electrons. The summed E-state index contributed by atoms with van der Waals surface area (Å²) >= 11 is 0. The molecule has 0 saturated heterocycles. The van der Waals surface area contributed by atoms with Crippen molar-refractivity contribution in [2.75, 3.05) is 35.5 Å². The van der Waals surface area contributed by atoms with E-state index in [4.69, 9.17) is 23.7 Å². The summed E-state index contributed by atoms with van der Waals surface area (Å²) < 4.78 is 26.6. The van der Waals surface area contributed by atoms with E-state index in [1.807, 2.05) is 12.1 Å². The van der Waals surface area contributed by atoms with Crippen molar-refractivity contribution in [3.8, 4) is 34.8 Å². The highest BCUT2D eigenvalue weighted by atomic mass is 16.5. The topological polar surface area (TPSA) is 99.0 Å². The number of carbonyl (C=O) groups is 1. The minimum absolute atomic E-state index is 0.173. The van der Waals surface area contributed by atoms with Crippen LogP contribution in [0.25, 0.3) is 0 Å². The van der Waals surface area contributed by atoms with Crippen molar-refractivity contribution >= 4 is 5.91 Å². The van der Waals surface area contributed by atoms with Crippen LogP contribution >= 0.6 is 0 Å². The molecule has 0 aromatic heterocycles. The summed E-state index contributed by atoms with van der Waals surface area (Å²) in [7, 11) is 7.59. The molecule has 0 aliphatic carbocycles. The molecule has 1 unspecified atom stereocenters. The number of rotatable bonds is 10. The van der Waals surface area contributed by atoms with Gasteiger partial charge in [-0.15, -0.1) is 0 Å². The van der Waals surface area contributed by atoms with Crippen LogP contribution < -0.4 is 29.0 Å². The summed E-state index contributed by atoms with van der Waals surface area (Å²) in [6.07, 6.45) is 0.603. The van der Waals surface area contributed by atoms with Gasteiger partial charge >= 0.3 is 0 Å². The van der Waals surface area contributed by atoms with Crippen LogP contribution in [0.15, 0.2) is 30.3 Å². The van der Waals surface area contributed by atoms with E-state index in [9.17, 15) is 10.1 Å². The Morgan fingerprint density at radius 3 is 2.03 bits per heavy atom. The van der Waals surface area contributed by atoms with Crippen LogP contribution in [0.4, 0.5) is 0 Å². The monoisotopic (exact) mass is 414 g/mol. The number of carbonyl (C=O) groups excluding carboxylic acids is 1. The Morgan fingerprint density at radius 2 is 1.53 bits per heavy atom. The molecular weight excluding hydrogens is 388 g/mol. The van der Waals surface area contributed by atoms with E-state index in [2.05, 4.69) is 11.4 Å². The molecule has 30 heavy (non-hydrogen) atoms. The summed E-state index contributed by atoms with van der Waals surface area (Å²) in [5.74, 6) is 2.14. The van der Waals surface area contributed by atoms with Gasteiger partial charge in [0.05, 0.1) is 41.6 Å². The normalized spacial score (nSPS) is 11.1. The van der Waals surface area contributed by atoms with E-state index < -0.39 is 6.04 Å². The van der Waals surface area contributed by atoms with Crippen molar-refractivity contribution in [2.24, 2.45) is 0 Å². The van der Waals surface area contributed by atoms with Crippen LogP contribution in [0, 0.1) is 11.3 Å². The van der Waals surface area contributed by atoms with Gasteiger partial charge in [-0.1, -0.05) is 12.1 Å². The zero-order chi connectivity index (χ0) is 22.1. The van der Waals surface area contributed by atoms with Gasteiger partial charge in [0.15, 0.2) is 23.0 Å². The Kier molecular flexibility index (Phi) is 8.18. The first-order chi connectivity index (χ1) is 14.5. The van der Waals surface area contributed by atoms with Gasteiger partial charge in [0.1, 0.15) is 6.04 Å². The first-order valence-corrected chi connectivity index (χ1v) is 9.21. The average molecular weight is 414 g/mol. The molecule has 0 bridgehead atoms. The number of nitrogens with one attached hydrogen (secondary N) is 1. The quantitative estimate of drug-likeness (QED) is 0.638. The maximum absolute atomic E-state index is 12.5. The van der Waals surface area contributed by atoms with Crippen LogP contribution in [-0.4, -0.2) is 41.5 Å². The number of amides is 1. The first-order valence-electron chi connectivity index (χ1n) is 9.21. The summed E-state index contributed by atoms with van der Waals surface area (Å²) in [5.41, 5.74) is 1.37. The molecule has 0 heterocycles. The second kappa shape index (κ2) is 10.8. The Bertz CT molecular complexity index is 897. The third-order valence-corrected chi connectivity index (χ3v) is 4.56. The van der Waals surface area contributed by atoms with Gasteiger partial charge < -0.3 is 29.0 Å². The molecule has 8 heteroatoms. The number of hydrogen-bond acceptors (Lipinski definition) is 7. The predicted molar refractivity (Wildman–Crippen MR) is 110 cm³/mol. The van der Waals surface area contributed by atoms with Crippen molar-refractivity contribution in [2.45, 2.75) is 18.9 Å². The molecule has 1 N–H and O–H groups in total. The Balaban J connectivity index is 2.15. The smallest absolute Gasteiger partial charge is 0.221 e. The van der Waals surface area contributed by atoms with Crippen LogP contribution in [-0.2, 0) is 11.2 Å². The number of aryl methyl sites for hydroxylation is 1. The molecule has 1 amide bonds. The zero-order valence-electron chi connectivity index (χ0n) is 17.8. The number of ether oxygens (including phenoxy) is 5. The summed E-state index contributed by atoms with van der Waals surface area (Å²) in [4.78, 5) is 12.5. The van der Waals surface area contributed by atoms with E-state index in [0.29, 0.717) is 40.7 Å². The highest BCUT2D eigenvalue weighted by Crippen LogP contribution is 2.39. The first kappa shape index (κ1) is 22.7. The van der Waals surface area contributed by atoms with E-state index in [-0.39, 0.29) is 12.3 Å². The summed E-state index contributed by atoms with van der Waals surface area (Å²) in [6.45, 7) is 0. The van der Waals surface area contributed by atoms with Crippen LogP contribution in [0.2, 0.25) is 0 Å². The molecule has 2 aromatic rings. The van der Waals surface area contributed by atoms with E-state index in [1.165, 1.54) is 21.3 Å². The van der Waals surface area contributed by atoms with Crippen molar-refractivity contribution in [1.29, 1.82) is 5.26 Å². The molecule has 2 rings (SSSR count).